The van der Waals surface area contributed by atoms with Crippen LogP contribution in [0.15, 0.2) is 21.8 Å². The van der Waals surface area contributed by atoms with E-state index in [1.54, 1.807) is 11.3 Å². The number of hydrogen-bond donors (Lipinski definition) is 2. The molecule has 0 spiro atoms. The minimum Gasteiger partial charge on any atom is -0.356 e. The minimum atomic E-state index is 0.412. The fourth-order valence-corrected chi connectivity index (χ4v) is 2.29. The van der Waals surface area contributed by atoms with E-state index in [9.17, 15) is 0 Å². The molecule has 18 heavy (non-hydrogen) atoms. The Balaban J connectivity index is 2.18. The second-order valence-electron chi connectivity index (χ2n) is 5.65. The Morgan fingerprint density at radius 1 is 1.33 bits per heavy atom. The molecule has 1 aromatic heterocycles. The SMILES string of the molecule is CN=C(NCCCC(C)(C)C)NCc1ccsc1. The van der Waals surface area contributed by atoms with Crippen LogP contribution in [0.2, 0.25) is 0 Å². The van der Waals surface area contributed by atoms with Crippen LogP contribution in [-0.2, 0) is 6.54 Å². The number of rotatable bonds is 5. The predicted molar refractivity (Wildman–Crippen MR) is 81.2 cm³/mol. The van der Waals surface area contributed by atoms with Gasteiger partial charge in [-0.05, 0) is 40.6 Å². The maximum Gasteiger partial charge on any atom is 0.191 e. The maximum atomic E-state index is 4.22. The van der Waals surface area contributed by atoms with Crippen molar-refractivity contribution >= 4 is 17.3 Å². The van der Waals surface area contributed by atoms with E-state index >= 15 is 0 Å². The molecule has 0 saturated heterocycles. The summed E-state index contributed by atoms with van der Waals surface area (Å²) in [6.45, 7) is 8.63. The largest absolute Gasteiger partial charge is 0.356 e. The lowest BCUT2D eigenvalue weighted by atomic mass is 9.91. The van der Waals surface area contributed by atoms with E-state index < -0.39 is 0 Å². The first-order valence-electron chi connectivity index (χ1n) is 6.47. The molecule has 0 fully saturated rings. The molecule has 0 bridgehead atoms. The number of aliphatic imine (C=N–C) groups is 1. The molecule has 0 amide bonds. The molecule has 0 aliphatic carbocycles. The number of nitrogens with zero attached hydrogens (tertiary/aromatic N) is 1. The van der Waals surface area contributed by atoms with Crippen LogP contribution in [0, 0.1) is 5.41 Å². The molecule has 0 aliphatic rings. The van der Waals surface area contributed by atoms with Crippen molar-refractivity contribution in [3.05, 3.63) is 22.4 Å². The zero-order chi connectivity index (χ0) is 13.4. The number of nitrogens with one attached hydrogen (secondary N) is 2. The van der Waals surface area contributed by atoms with Gasteiger partial charge in [-0.2, -0.15) is 11.3 Å². The Morgan fingerprint density at radius 2 is 2.11 bits per heavy atom. The van der Waals surface area contributed by atoms with Crippen LogP contribution >= 0.6 is 11.3 Å². The average Bonchev–Trinajstić information content (AvgIpc) is 2.79. The lowest BCUT2D eigenvalue weighted by molar-refractivity contribution is 0.365. The molecule has 1 heterocycles. The predicted octanol–water partition coefficient (Wildman–Crippen LogP) is 3.24. The van der Waals surface area contributed by atoms with Crippen molar-refractivity contribution in [3.63, 3.8) is 0 Å². The van der Waals surface area contributed by atoms with E-state index in [0.29, 0.717) is 5.41 Å². The van der Waals surface area contributed by atoms with Crippen molar-refractivity contribution in [3.8, 4) is 0 Å². The molecule has 2 N–H and O–H groups in total. The molecule has 102 valence electrons. The first-order chi connectivity index (χ1) is 8.51. The first kappa shape index (κ1) is 15.0. The second-order valence-corrected chi connectivity index (χ2v) is 6.43. The van der Waals surface area contributed by atoms with Gasteiger partial charge in [0.25, 0.3) is 0 Å². The van der Waals surface area contributed by atoms with Crippen LogP contribution in [0.25, 0.3) is 0 Å². The third kappa shape index (κ3) is 6.64. The molecule has 0 radical (unpaired) electrons. The van der Waals surface area contributed by atoms with E-state index in [4.69, 9.17) is 0 Å². The molecule has 0 atom stereocenters. The van der Waals surface area contributed by atoms with Gasteiger partial charge in [-0.1, -0.05) is 20.8 Å². The Kier molecular flexibility index (Phi) is 6.19. The van der Waals surface area contributed by atoms with Gasteiger partial charge < -0.3 is 10.6 Å². The van der Waals surface area contributed by atoms with E-state index in [2.05, 4.69) is 53.2 Å². The standard InChI is InChI=1S/C14H25N3S/c1-14(2,3)7-5-8-16-13(15-4)17-10-12-6-9-18-11-12/h6,9,11H,5,7-8,10H2,1-4H3,(H2,15,16,17). The zero-order valence-electron chi connectivity index (χ0n) is 11.9. The van der Waals surface area contributed by atoms with Gasteiger partial charge in [-0.3, -0.25) is 4.99 Å². The molecule has 0 aromatic carbocycles. The maximum absolute atomic E-state index is 4.22. The summed E-state index contributed by atoms with van der Waals surface area (Å²) in [5.41, 5.74) is 1.72. The van der Waals surface area contributed by atoms with Gasteiger partial charge in [0.1, 0.15) is 0 Å². The summed E-state index contributed by atoms with van der Waals surface area (Å²) in [4.78, 5) is 4.22. The van der Waals surface area contributed by atoms with Crippen molar-refractivity contribution in [1.82, 2.24) is 10.6 Å². The van der Waals surface area contributed by atoms with Crippen LogP contribution in [0.1, 0.15) is 39.2 Å². The lowest BCUT2D eigenvalue weighted by Crippen LogP contribution is -2.37. The molecule has 0 unspecified atom stereocenters. The highest BCUT2D eigenvalue weighted by Crippen LogP contribution is 2.19. The Bertz CT molecular complexity index is 350. The van der Waals surface area contributed by atoms with E-state index in [1.165, 1.54) is 18.4 Å². The van der Waals surface area contributed by atoms with Crippen LogP contribution in [-0.4, -0.2) is 19.6 Å². The van der Waals surface area contributed by atoms with Gasteiger partial charge in [0.15, 0.2) is 5.96 Å². The highest BCUT2D eigenvalue weighted by atomic mass is 32.1. The lowest BCUT2D eigenvalue weighted by Gasteiger charge is -2.18. The molecule has 1 rings (SSSR count). The van der Waals surface area contributed by atoms with Gasteiger partial charge >= 0.3 is 0 Å². The number of thiophene rings is 1. The van der Waals surface area contributed by atoms with Crippen LogP contribution in [0.3, 0.4) is 0 Å². The summed E-state index contributed by atoms with van der Waals surface area (Å²) in [6, 6.07) is 2.13. The normalized spacial score (nSPS) is 12.6. The molecule has 4 heteroatoms. The Hall–Kier alpha value is -1.03. The van der Waals surface area contributed by atoms with Gasteiger partial charge in [0.2, 0.25) is 0 Å². The van der Waals surface area contributed by atoms with E-state index in [0.717, 1.165) is 19.0 Å². The quantitative estimate of drug-likeness (QED) is 0.488. The Labute approximate surface area is 115 Å². The van der Waals surface area contributed by atoms with E-state index in [-0.39, 0.29) is 0 Å². The summed E-state index contributed by atoms with van der Waals surface area (Å²) < 4.78 is 0. The smallest absolute Gasteiger partial charge is 0.191 e. The van der Waals surface area contributed by atoms with Crippen molar-refractivity contribution in [2.45, 2.75) is 40.2 Å². The molecule has 0 aliphatic heterocycles. The fourth-order valence-electron chi connectivity index (χ4n) is 1.63. The average molecular weight is 267 g/mol. The van der Waals surface area contributed by atoms with Gasteiger partial charge in [0.05, 0.1) is 0 Å². The van der Waals surface area contributed by atoms with Gasteiger partial charge in [-0.25, -0.2) is 0 Å². The molecule has 3 nitrogen and oxygen atoms in total. The van der Waals surface area contributed by atoms with Crippen LogP contribution < -0.4 is 10.6 Å². The van der Waals surface area contributed by atoms with Crippen molar-refractivity contribution in [1.29, 1.82) is 0 Å². The van der Waals surface area contributed by atoms with Crippen LogP contribution in [0.4, 0.5) is 0 Å². The summed E-state index contributed by atoms with van der Waals surface area (Å²) in [5, 5.41) is 10.9. The second kappa shape index (κ2) is 7.41. The van der Waals surface area contributed by atoms with E-state index in [1.807, 2.05) is 7.05 Å². The van der Waals surface area contributed by atoms with Crippen LogP contribution in [0.5, 0.6) is 0 Å². The third-order valence-electron chi connectivity index (χ3n) is 2.66. The van der Waals surface area contributed by atoms with Gasteiger partial charge in [0, 0.05) is 20.1 Å². The zero-order valence-corrected chi connectivity index (χ0v) is 12.7. The van der Waals surface area contributed by atoms with Gasteiger partial charge in [-0.15, -0.1) is 0 Å². The fraction of sp³-hybridized carbons (Fsp3) is 0.643. The molecule has 1 aromatic rings. The monoisotopic (exact) mass is 267 g/mol. The topological polar surface area (TPSA) is 36.4 Å². The molecular weight excluding hydrogens is 242 g/mol. The van der Waals surface area contributed by atoms with Crippen molar-refractivity contribution in [2.24, 2.45) is 10.4 Å². The summed E-state index contributed by atoms with van der Waals surface area (Å²) in [6.07, 6.45) is 2.39. The third-order valence-corrected chi connectivity index (χ3v) is 3.39. The highest BCUT2D eigenvalue weighted by molar-refractivity contribution is 7.07. The number of hydrogen-bond acceptors (Lipinski definition) is 2. The Morgan fingerprint density at radius 3 is 2.67 bits per heavy atom. The summed E-state index contributed by atoms with van der Waals surface area (Å²) in [7, 11) is 1.81. The van der Waals surface area contributed by atoms with Crippen molar-refractivity contribution < 1.29 is 0 Å². The molecular formula is C14H25N3S. The highest BCUT2D eigenvalue weighted by Gasteiger charge is 2.09. The van der Waals surface area contributed by atoms with Crippen molar-refractivity contribution in [2.75, 3.05) is 13.6 Å². The molecule has 0 saturated carbocycles. The number of guanidine groups is 1. The first-order valence-corrected chi connectivity index (χ1v) is 7.41. The minimum absolute atomic E-state index is 0.412. The summed E-state index contributed by atoms with van der Waals surface area (Å²) >= 11 is 1.72. The summed E-state index contributed by atoms with van der Waals surface area (Å²) in [5.74, 6) is 0.884.